The number of ether oxygens (including phenoxy) is 2. The summed E-state index contributed by atoms with van der Waals surface area (Å²) in [5.41, 5.74) is -2.08. The second-order valence-corrected chi connectivity index (χ2v) is 8.44. The van der Waals surface area contributed by atoms with E-state index in [9.17, 15) is 18.0 Å². The van der Waals surface area contributed by atoms with Gasteiger partial charge >= 0.3 is 6.36 Å². The van der Waals surface area contributed by atoms with Crippen molar-refractivity contribution in [1.29, 1.82) is 0 Å². The summed E-state index contributed by atoms with van der Waals surface area (Å²) in [7, 11) is 48.6. The van der Waals surface area contributed by atoms with Gasteiger partial charge in [-0.05, 0) is 34.7 Å². The largest absolute Gasteiger partial charge is 0.573 e. The number of carbonyl (C=O) groups is 1. The van der Waals surface area contributed by atoms with Crippen LogP contribution in [0.2, 0.25) is 0 Å². The van der Waals surface area contributed by atoms with Gasteiger partial charge in [-0.25, -0.2) is 9.97 Å². The molecule has 1 aliphatic rings. The zero-order valence-electron chi connectivity index (χ0n) is 19.5. The molecule has 4 rings (SSSR count). The van der Waals surface area contributed by atoms with Crippen molar-refractivity contribution in [1.82, 2.24) is 14.9 Å². The highest BCUT2D eigenvalue weighted by Gasteiger charge is 2.45. The Kier molecular flexibility index (Phi) is 7.04. The van der Waals surface area contributed by atoms with Gasteiger partial charge in [0.2, 0.25) is 0 Å². The maximum Gasteiger partial charge on any atom is 0.573 e. The number of fused-ring (bicyclic) bond motifs is 1. The van der Waals surface area contributed by atoms with E-state index in [1.54, 1.807) is 0 Å². The van der Waals surface area contributed by atoms with Crippen molar-refractivity contribution in [3.8, 4) is 22.6 Å². The summed E-state index contributed by atoms with van der Waals surface area (Å²) in [5, 5.41) is -4.24. The molecule has 2 heterocycles. The van der Waals surface area contributed by atoms with Gasteiger partial charge in [-0.15, -0.1) is 13.2 Å². The Hall–Kier alpha value is -3.10. The molecule has 1 aromatic heterocycles. The zero-order chi connectivity index (χ0) is 28.2. The SMILES string of the molecule is [B]c1c([B])c(-c2ccc3c(c2)C(=O)N(C([B])([B])c2ncccn2)C([B])([B])CO3)c([B])c([B])c1OC(F)(F)F. The van der Waals surface area contributed by atoms with Gasteiger partial charge in [0.1, 0.15) is 64.4 Å². The highest BCUT2D eigenvalue weighted by molar-refractivity contribution is 6.61. The number of benzene rings is 2. The number of alkyl halides is 3. The molecule has 16 radical (unpaired) electrons. The van der Waals surface area contributed by atoms with E-state index in [2.05, 4.69) is 14.7 Å². The van der Waals surface area contributed by atoms with Crippen LogP contribution in [0.5, 0.6) is 11.5 Å². The summed E-state index contributed by atoms with van der Waals surface area (Å²) in [6.45, 7) is -0.443. The Balaban J connectivity index is 1.87. The van der Waals surface area contributed by atoms with Crippen molar-refractivity contribution in [2.75, 3.05) is 6.61 Å². The predicted octanol–water partition coefficient (Wildman–Crippen LogP) is -2.81. The molecule has 38 heavy (non-hydrogen) atoms. The summed E-state index contributed by atoms with van der Waals surface area (Å²) in [5.74, 6) is -1.99. The molecule has 2 aromatic carbocycles. The van der Waals surface area contributed by atoms with Crippen molar-refractivity contribution >= 4 is 90.5 Å². The lowest BCUT2D eigenvalue weighted by Crippen LogP contribution is -2.65. The molecular weight excluding hydrogens is 486 g/mol. The summed E-state index contributed by atoms with van der Waals surface area (Å²) in [4.78, 5) is 22.5. The molecule has 1 aliphatic heterocycles. The molecule has 17 heteroatoms. The van der Waals surface area contributed by atoms with Crippen molar-refractivity contribution in [2.45, 2.75) is 17.0 Å². The summed E-state index contributed by atoms with van der Waals surface area (Å²) >= 11 is 0. The van der Waals surface area contributed by atoms with Crippen LogP contribution in [0, 0.1) is 0 Å². The topological polar surface area (TPSA) is 64.6 Å². The summed E-state index contributed by atoms with van der Waals surface area (Å²) in [6, 6.07) is 5.55. The third-order valence-corrected chi connectivity index (χ3v) is 5.70. The second-order valence-electron chi connectivity index (χ2n) is 8.44. The standard InChI is InChI=1S/C21H8B8F3N3O3/c22-12-11(13(23)15(25)16(14(12)24)38-21(30,31)32)8-2-3-10-9(6-8)17(36)35(19(26,27)7-37-10)20(28,29)18-33-4-1-5-34-18/h1-6H,7H2. The number of nitrogens with zero attached hydrogens (tertiary/aromatic N) is 3. The van der Waals surface area contributed by atoms with Crippen LogP contribution in [0.4, 0.5) is 13.2 Å². The van der Waals surface area contributed by atoms with E-state index in [1.165, 1.54) is 36.7 Å². The van der Waals surface area contributed by atoms with Gasteiger partial charge in [0.25, 0.3) is 5.91 Å². The van der Waals surface area contributed by atoms with E-state index in [1.807, 2.05) is 0 Å². The average molecular weight is 494 g/mol. The first-order valence-electron chi connectivity index (χ1n) is 10.6. The van der Waals surface area contributed by atoms with Crippen LogP contribution in [0.15, 0.2) is 36.7 Å². The first-order valence-corrected chi connectivity index (χ1v) is 10.6. The molecule has 0 N–H and O–H groups in total. The number of hydrogen-bond donors (Lipinski definition) is 0. The molecular formula is C21H8B8F3N3O3. The molecule has 3 aromatic rings. The van der Waals surface area contributed by atoms with Gasteiger partial charge in [0.05, 0.1) is 27.9 Å². The number of aromatic nitrogens is 2. The first kappa shape index (κ1) is 27.9. The Bertz CT molecular complexity index is 1400. The third-order valence-electron chi connectivity index (χ3n) is 5.70. The Labute approximate surface area is 227 Å². The molecule has 0 fully saturated rings. The van der Waals surface area contributed by atoms with E-state index in [0.29, 0.717) is 0 Å². The molecule has 170 valence electrons. The van der Waals surface area contributed by atoms with E-state index < -0.39 is 46.2 Å². The fraction of sp³-hybridized carbons (Fsp3) is 0.190. The summed E-state index contributed by atoms with van der Waals surface area (Å²) < 4.78 is 48.1. The minimum absolute atomic E-state index is 0.0291. The van der Waals surface area contributed by atoms with Gasteiger partial charge < -0.3 is 14.4 Å². The Morgan fingerprint density at radius 2 is 1.55 bits per heavy atom. The van der Waals surface area contributed by atoms with Crippen molar-refractivity contribution in [3.05, 3.63) is 48.0 Å². The van der Waals surface area contributed by atoms with Crippen LogP contribution < -0.4 is 31.3 Å². The van der Waals surface area contributed by atoms with Gasteiger partial charge in [0.15, 0.2) is 0 Å². The highest BCUT2D eigenvalue weighted by atomic mass is 19.4. The van der Waals surface area contributed by atoms with Crippen LogP contribution in [-0.4, -0.2) is 102 Å². The smallest absolute Gasteiger partial charge is 0.492 e. The number of halogens is 3. The quantitative estimate of drug-likeness (QED) is 0.367. The Morgan fingerprint density at radius 3 is 2.11 bits per heavy atom. The van der Waals surface area contributed by atoms with Gasteiger partial charge in [-0.3, -0.25) is 4.79 Å². The molecule has 0 atom stereocenters. The van der Waals surface area contributed by atoms with Crippen LogP contribution in [0.1, 0.15) is 16.2 Å². The summed E-state index contributed by atoms with van der Waals surface area (Å²) in [6.07, 6.45) is -2.41. The molecule has 0 aliphatic carbocycles. The maximum atomic E-state index is 13.8. The van der Waals surface area contributed by atoms with E-state index >= 15 is 0 Å². The van der Waals surface area contributed by atoms with E-state index in [0.717, 1.165) is 4.90 Å². The van der Waals surface area contributed by atoms with Crippen LogP contribution in [0.25, 0.3) is 11.1 Å². The molecule has 0 bridgehead atoms. The minimum atomic E-state index is -5.11. The van der Waals surface area contributed by atoms with Gasteiger partial charge in [0, 0.05) is 17.7 Å². The normalized spacial score (nSPS) is 15.3. The molecule has 0 unspecified atom stereocenters. The van der Waals surface area contributed by atoms with Crippen molar-refractivity contribution < 1.29 is 27.4 Å². The Morgan fingerprint density at radius 1 is 0.974 bits per heavy atom. The number of amides is 1. The minimum Gasteiger partial charge on any atom is -0.492 e. The monoisotopic (exact) mass is 495 g/mol. The lowest BCUT2D eigenvalue weighted by molar-refractivity contribution is -0.273. The molecule has 0 saturated heterocycles. The second kappa shape index (κ2) is 9.58. The van der Waals surface area contributed by atoms with E-state index in [-0.39, 0.29) is 39.2 Å². The lowest BCUT2D eigenvalue weighted by atomic mass is 9.52. The zero-order valence-corrected chi connectivity index (χ0v) is 19.5. The van der Waals surface area contributed by atoms with Crippen LogP contribution >= 0.6 is 0 Å². The van der Waals surface area contributed by atoms with E-state index in [4.69, 9.17) is 67.5 Å². The molecule has 0 saturated carbocycles. The first-order chi connectivity index (χ1) is 17.6. The van der Waals surface area contributed by atoms with Crippen LogP contribution in [0.3, 0.4) is 0 Å². The van der Waals surface area contributed by atoms with Gasteiger partial charge in [-0.2, -0.15) is 0 Å². The number of hydrogen-bond acceptors (Lipinski definition) is 5. The predicted molar refractivity (Wildman–Crippen MR) is 141 cm³/mol. The van der Waals surface area contributed by atoms with Crippen molar-refractivity contribution in [2.24, 2.45) is 0 Å². The number of carbonyl (C=O) groups excluding carboxylic acids is 1. The fourth-order valence-corrected chi connectivity index (χ4v) is 4.01. The highest BCUT2D eigenvalue weighted by Crippen LogP contribution is 2.35. The molecule has 0 spiro atoms. The lowest BCUT2D eigenvalue weighted by Gasteiger charge is -2.48. The average Bonchev–Trinajstić information content (AvgIpc) is 2.94. The number of rotatable bonds is 4. The maximum absolute atomic E-state index is 13.8. The molecule has 6 nitrogen and oxygen atoms in total. The molecule has 1 amide bonds. The fourth-order valence-electron chi connectivity index (χ4n) is 4.01. The van der Waals surface area contributed by atoms with Gasteiger partial charge in [-0.1, -0.05) is 27.9 Å². The van der Waals surface area contributed by atoms with Crippen LogP contribution in [-0.2, 0) is 5.34 Å². The van der Waals surface area contributed by atoms with Crippen molar-refractivity contribution in [3.63, 3.8) is 0 Å². The third kappa shape index (κ3) is 4.87.